The van der Waals surface area contributed by atoms with Gasteiger partial charge >= 0.3 is 0 Å². The first-order valence-electron chi connectivity index (χ1n) is 11.8. The summed E-state index contributed by atoms with van der Waals surface area (Å²) >= 11 is 0. The van der Waals surface area contributed by atoms with E-state index >= 15 is 0 Å². The Hall–Kier alpha value is -3.08. The molecule has 0 aliphatic heterocycles. The minimum Gasteiger partial charge on any atom is -0.508 e. The van der Waals surface area contributed by atoms with Crippen LogP contribution in [0.3, 0.4) is 0 Å². The van der Waals surface area contributed by atoms with Crippen LogP contribution in [0.1, 0.15) is 69.9 Å². The van der Waals surface area contributed by atoms with Crippen LogP contribution in [0.2, 0.25) is 0 Å². The largest absolute Gasteiger partial charge is 0.508 e. The minimum atomic E-state index is -0.976. The van der Waals surface area contributed by atoms with E-state index in [0.717, 1.165) is 0 Å². The molecule has 1 heterocycles. The zero-order valence-electron chi connectivity index (χ0n) is 22.4. The first-order valence-corrected chi connectivity index (χ1v) is 9.29. The molecule has 29 heavy (non-hydrogen) atoms. The second-order valence-corrected chi connectivity index (χ2v) is 9.07. The van der Waals surface area contributed by atoms with E-state index in [1.54, 1.807) is 0 Å². The van der Waals surface area contributed by atoms with Crippen LogP contribution in [0.15, 0.2) is 47.3 Å². The van der Waals surface area contributed by atoms with E-state index in [2.05, 4.69) is 10.3 Å². The predicted molar refractivity (Wildman–Crippen MR) is 118 cm³/mol. The number of aromatic amines is 1. The number of hydrogen-bond donors (Lipinski definition) is 3. The molecular weight excluding hydrogens is 364 g/mol. The van der Waals surface area contributed by atoms with E-state index in [1.807, 2.05) is 47.6 Å². The molecule has 3 rings (SSSR count). The summed E-state index contributed by atoms with van der Waals surface area (Å²) in [6, 6.07) is 0.997. The fourth-order valence-corrected chi connectivity index (χ4v) is 3.14. The van der Waals surface area contributed by atoms with Crippen LogP contribution in [0.4, 0.5) is 5.69 Å². The standard InChI is InChI=1S/C24H28N2O3/c1-23(2,3)16-11-17(24(4,5)6)20(27)12-19(16)26-22(29)15-13-25-18-10-8-7-9-14(18)21(15)28/h7-13,27H,1-6H3,(H,25,28)(H,26,29)/i7D,8D,9D,10D,13D. The Balaban J connectivity index is 2.22. The molecule has 0 atom stereocenters. The SMILES string of the molecule is [2H]c1[nH]c2c([2H])c([2H])c([2H])c([2H])c2c(=O)c1C(=O)Nc1cc(O)c(C(C)(C)C)cc1C(C)(C)C. The average Bonchev–Trinajstić information content (AvgIpc) is 2.68. The Bertz CT molecular complexity index is 1400. The second kappa shape index (κ2) is 7.07. The molecule has 1 aromatic heterocycles. The van der Waals surface area contributed by atoms with Crippen LogP contribution < -0.4 is 10.7 Å². The van der Waals surface area contributed by atoms with Gasteiger partial charge in [0.2, 0.25) is 5.43 Å². The molecule has 0 saturated carbocycles. The Morgan fingerprint density at radius 3 is 2.28 bits per heavy atom. The fourth-order valence-electron chi connectivity index (χ4n) is 3.14. The average molecular weight is 398 g/mol. The molecule has 5 heteroatoms. The van der Waals surface area contributed by atoms with Gasteiger partial charge in [-0.05, 0) is 40.1 Å². The predicted octanol–water partition coefficient (Wildman–Crippen LogP) is 5.08. The molecule has 1 amide bonds. The van der Waals surface area contributed by atoms with Gasteiger partial charge in [0.25, 0.3) is 5.91 Å². The van der Waals surface area contributed by atoms with Gasteiger partial charge in [-0.1, -0.05) is 53.6 Å². The zero-order chi connectivity index (χ0) is 25.9. The summed E-state index contributed by atoms with van der Waals surface area (Å²) < 4.78 is 39.9. The highest BCUT2D eigenvalue weighted by Gasteiger charge is 2.26. The molecule has 0 aliphatic carbocycles. The molecule has 0 aliphatic rings. The van der Waals surface area contributed by atoms with Gasteiger partial charge in [-0.25, -0.2) is 0 Å². The monoisotopic (exact) mass is 397 g/mol. The number of aromatic hydroxyl groups is 1. The summed E-state index contributed by atoms with van der Waals surface area (Å²) in [6.07, 6.45) is -0.576. The van der Waals surface area contributed by atoms with Gasteiger partial charge in [-0.15, -0.1) is 0 Å². The van der Waals surface area contributed by atoms with Gasteiger partial charge in [-0.2, -0.15) is 0 Å². The van der Waals surface area contributed by atoms with E-state index in [1.165, 1.54) is 6.07 Å². The highest BCUT2D eigenvalue weighted by atomic mass is 16.3. The third-order valence-corrected chi connectivity index (χ3v) is 4.68. The number of phenolic OH excluding ortho intramolecular Hbond substituents is 1. The molecule has 3 aromatic rings. The lowest BCUT2D eigenvalue weighted by molar-refractivity contribution is 0.102. The molecule has 152 valence electrons. The van der Waals surface area contributed by atoms with Crippen LogP contribution in [-0.4, -0.2) is 16.0 Å². The smallest absolute Gasteiger partial charge is 0.261 e. The van der Waals surface area contributed by atoms with Gasteiger partial charge in [0.1, 0.15) is 11.3 Å². The molecule has 0 bridgehead atoms. The highest BCUT2D eigenvalue weighted by Crippen LogP contribution is 2.39. The Morgan fingerprint density at radius 2 is 1.66 bits per heavy atom. The van der Waals surface area contributed by atoms with Crippen molar-refractivity contribution in [3.8, 4) is 5.75 Å². The van der Waals surface area contributed by atoms with E-state index < -0.39 is 58.0 Å². The van der Waals surface area contributed by atoms with Gasteiger partial charge < -0.3 is 15.4 Å². The van der Waals surface area contributed by atoms with Crippen LogP contribution in [-0.2, 0) is 10.8 Å². The van der Waals surface area contributed by atoms with Crippen LogP contribution in [0.5, 0.6) is 5.75 Å². The first kappa shape index (κ1) is 14.9. The first-order chi connectivity index (χ1) is 15.5. The summed E-state index contributed by atoms with van der Waals surface area (Å²) in [5, 5.41) is 12.9. The molecule has 0 radical (unpaired) electrons. The van der Waals surface area contributed by atoms with Crippen molar-refractivity contribution >= 4 is 22.5 Å². The molecular formula is C24H28N2O3. The number of phenols is 1. The zero-order valence-corrected chi connectivity index (χ0v) is 17.4. The van der Waals surface area contributed by atoms with E-state index in [4.69, 9.17) is 6.85 Å². The van der Waals surface area contributed by atoms with Crippen molar-refractivity contribution < 1.29 is 16.8 Å². The number of fused-ring (bicyclic) bond motifs is 1. The number of carbonyl (C=O) groups excluding carboxylic acids is 1. The lowest BCUT2D eigenvalue weighted by atomic mass is 9.79. The van der Waals surface area contributed by atoms with Crippen molar-refractivity contribution in [1.82, 2.24) is 4.98 Å². The van der Waals surface area contributed by atoms with Crippen LogP contribution in [0, 0.1) is 0 Å². The lowest BCUT2D eigenvalue weighted by Gasteiger charge is -2.28. The number of nitrogens with one attached hydrogen (secondary N) is 2. The second-order valence-electron chi connectivity index (χ2n) is 9.07. The summed E-state index contributed by atoms with van der Waals surface area (Å²) in [7, 11) is 0. The Morgan fingerprint density at radius 1 is 1.03 bits per heavy atom. The number of para-hydroxylation sites is 1. The van der Waals surface area contributed by atoms with Crippen molar-refractivity contribution in [1.29, 1.82) is 0 Å². The maximum Gasteiger partial charge on any atom is 0.261 e. The van der Waals surface area contributed by atoms with Crippen molar-refractivity contribution in [2.24, 2.45) is 0 Å². The quantitative estimate of drug-likeness (QED) is 0.564. The molecule has 0 spiro atoms. The summed E-state index contributed by atoms with van der Waals surface area (Å²) in [4.78, 5) is 28.8. The molecule has 0 unspecified atom stereocenters. The van der Waals surface area contributed by atoms with Gasteiger partial charge in [-0.3, -0.25) is 9.59 Å². The Labute approximate surface area is 177 Å². The number of H-pyrrole nitrogens is 1. The maximum atomic E-state index is 13.2. The van der Waals surface area contributed by atoms with Crippen molar-refractivity contribution in [2.75, 3.05) is 5.32 Å². The molecule has 5 nitrogen and oxygen atoms in total. The third kappa shape index (κ3) is 4.04. The van der Waals surface area contributed by atoms with Crippen molar-refractivity contribution in [3.63, 3.8) is 0 Å². The van der Waals surface area contributed by atoms with Gasteiger partial charge in [0, 0.05) is 28.8 Å². The number of amides is 1. The third-order valence-electron chi connectivity index (χ3n) is 4.68. The highest BCUT2D eigenvalue weighted by molar-refractivity contribution is 6.06. The summed E-state index contributed by atoms with van der Waals surface area (Å²) in [5.41, 5.74) is -0.912. The lowest BCUT2D eigenvalue weighted by Crippen LogP contribution is -2.25. The van der Waals surface area contributed by atoms with E-state index in [9.17, 15) is 14.7 Å². The number of rotatable bonds is 2. The maximum absolute atomic E-state index is 13.2. The number of anilines is 1. The minimum absolute atomic E-state index is 0.0246. The van der Waals surface area contributed by atoms with E-state index in [-0.39, 0.29) is 22.4 Å². The van der Waals surface area contributed by atoms with Crippen LogP contribution in [0.25, 0.3) is 10.9 Å². The number of aromatic nitrogens is 1. The fraction of sp³-hybridized carbons (Fsp3) is 0.333. The molecule has 2 aromatic carbocycles. The van der Waals surface area contributed by atoms with Crippen molar-refractivity contribution in [2.45, 2.75) is 52.4 Å². The van der Waals surface area contributed by atoms with E-state index in [0.29, 0.717) is 11.1 Å². The summed E-state index contributed by atoms with van der Waals surface area (Å²) in [6.45, 7) is 11.7. The summed E-state index contributed by atoms with van der Waals surface area (Å²) in [5.74, 6) is -0.947. The van der Waals surface area contributed by atoms with Gasteiger partial charge in [0.05, 0.1) is 6.85 Å². The molecule has 0 saturated heterocycles. The topological polar surface area (TPSA) is 82.2 Å². The van der Waals surface area contributed by atoms with Gasteiger partial charge in [0.15, 0.2) is 0 Å². The number of carbonyl (C=O) groups is 1. The molecule has 0 fully saturated rings. The van der Waals surface area contributed by atoms with Crippen molar-refractivity contribution in [3.05, 3.63) is 69.4 Å². The number of hydrogen-bond acceptors (Lipinski definition) is 3. The Kier molecular flexibility index (Phi) is 3.62. The molecule has 3 N–H and O–H groups in total. The number of benzene rings is 2. The number of pyridine rings is 1. The van der Waals surface area contributed by atoms with Crippen LogP contribution >= 0.6 is 0 Å². The normalized spacial score (nSPS) is 14.6.